The van der Waals surface area contributed by atoms with E-state index in [2.05, 4.69) is 29.0 Å². The first-order chi connectivity index (χ1) is 12.5. The van der Waals surface area contributed by atoms with Gasteiger partial charge in [-0.25, -0.2) is 9.97 Å². The minimum Gasteiger partial charge on any atom is -0.341 e. The molecular formula is C21H28N4O. The Hall–Kier alpha value is -2.27. The molecule has 0 N–H and O–H groups in total. The molecule has 1 aromatic heterocycles. The van der Waals surface area contributed by atoms with E-state index in [1.807, 2.05) is 55.2 Å². The Balaban J connectivity index is 1.71. The summed E-state index contributed by atoms with van der Waals surface area (Å²) in [6.45, 7) is 5.56. The minimum absolute atomic E-state index is 0.196. The van der Waals surface area contributed by atoms with E-state index in [9.17, 15) is 4.79 Å². The van der Waals surface area contributed by atoms with Gasteiger partial charge in [-0.1, -0.05) is 24.3 Å². The Kier molecular flexibility index (Phi) is 5.67. The fourth-order valence-corrected chi connectivity index (χ4v) is 3.80. The van der Waals surface area contributed by atoms with Crippen LogP contribution in [0.1, 0.15) is 47.4 Å². The molecular weight excluding hydrogens is 324 g/mol. The van der Waals surface area contributed by atoms with E-state index in [4.69, 9.17) is 0 Å². The summed E-state index contributed by atoms with van der Waals surface area (Å²) < 4.78 is 0. The molecule has 1 atom stereocenters. The highest BCUT2D eigenvalue weighted by Crippen LogP contribution is 2.30. The third kappa shape index (κ3) is 3.93. The highest BCUT2D eigenvalue weighted by atomic mass is 16.2. The van der Waals surface area contributed by atoms with E-state index in [0.717, 1.165) is 48.6 Å². The second kappa shape index (κ2) is 7.96. The molecule has 1 saturated heterocycles. The molecule has 2 aromatic rings. The maximum atomic E-state index is 13.2. The second-order valence-electron chi connectivity index (χ2n) is 7.35. The van der Waals surface area contributed by atoms with Crippen LogP contribution in [0.2, 0.25) is 0 Å². The number of carbonyl (C=O) groups excluding carboxylic acids is 1. The zero-order chi connectivity index (χ0) is 18.7. The summed E-state index contributed by atoms with van der Waals surface area (Å²) in [4.78, 5) is 26.0. The molecule has 5 heteroatoms. The Labute approximate surface area is 156 Å². The highest BCUT2D eigenvalue weighted by molar-refractivity contribution is 5.83. The molecule has 3 rings (SSSR count). The van der Waals surface area contributed by atoms with Crippen molar-refractivity contribution < 1.29 is 4.79 Å². The van der Waals surface area contributed by atoms with Crippen molar-refractivity contribution in [2.24, 2.45) is 0 Å². The van der Waals surface area contributed by atoms with Crippen LogP contribution in [0.15, 0.2) is 36.5 Å². The summed E-state index contributed by atoms with van der Waals surface area (Å²) in [5.41, 5.74) is 3.36. The molecule has 0 unspecified atom stereocenters. The second-order valence-corrected chi connectivity index (χ2v) is 7.35. The van der Waals surface area contributed by atoms with Crippen molar-refractivity contribution in [1.29, 1.82) is 0 Å². The Bertz CT molecular complexity index is 766. The number of benzene rings is 1. The largest absolute Gasteiger partial charge is 0.341 e. The average Bonchev–Trinajstić information content (AvgIpc) is 2.63. The van der Waals surface area contributed by atoms with Gasteiger partial charge in [0.25, 0.3) is 0 Å². The number of rotatable bonds is 4. The van der Waals surface area contributed by atoms with Gasteiger partial charge in [0.15, 0.2) is 0 Å². The van der Waals surface area contributed by atoms with E-state index in [0.29, 0.717) is 5.92 Å². The third-order valence-electron chi connectivity index (χ3n) is 5.26. The molecule has 1 aliphatic heterocycles. The van der Waals surface area contributed by atoms with Crippen molar-refractivity contribution in [1.82, 2.24) is 19.8 Å². The van der Waals surface area contributed by atoms with Gasteiger partial charge in [0.05, 0.1) is 0 Å². The smallest absolute Gasteiger partial charge is 0.244 e. The van der Waals surface area contributed by atoms with Crippen LogP contribution in [0.25, 0.3) is 0 Å². The molecule has 0 radical (unpaired) electrons. The first-order valence-electron chi connectivity index (χ1n) is 9.27. The van der Waals surface area contributed by atoms with E-state index in [1.165, 1.54) is 0 Å². The number of hydrogen-bond acceptors (Lipinski definition) is 4. The standard InChI is InChI=1S/C21H28N4O/c1-15-7-5-6-8-18(15)20(24(3)4)21(26)25-13-10-17(11-14-25)19-9-12-22-16(2)23-19/h5-9,12,17,20H,10-11,13-14H2,1-4H3/t20-/m1/s1. The number of likely N-dealkylation sites (tertiary alicyclic amines) is 1. The SMILES string of the molecule is Cc1nccc(C2CCN(C(=O)[C@@H](c3ccccc3C)N(C)C)CC2)n1. The van der Waals surface area contributed by atoms with Gasteiger partial charge in [0, 0.05) is 30.9 Å². The van der Waals surface area contributed by atoms with Crippen LogP contribution in [-0.4, -0.2) is 52.9 Å². The summed E-state index contributed by atoms with van der Waals surface area (Å²) in [6.07, 6.45) is 3.74. The third-order valence-corrected chi connectivity index (χ3v) is 5.26. The maximum absolute atomic E-state index is 13.2. The molecule has 1 aromatic carbocycles. The lowest BCUT2D eigenvalue weighted by atomic mass is 9.92. The van der Waals surface area contributed by atoms with Crippen LogP contribution in [0, 0.1) is 13.8 Å². The van der Waals surface area contributed by atoms with Crippen LogP contribution < -0.4 is 0 Å². The molecule has 2 heterocycles. The number of nitrogens with zero attached hydrogens (tertiary/aromatic N) is 4. The Morgan fingerprint density at radius 1 is 1.15 bits per heavy atom. The van der Waals surface area contributed by atoms with Gasteiger partial charge < -0.3 is 4.90 Å². The van der Waals surface area contributed by atoms with Crippen LogP contribution in [0.4, 0.5) is 0 Å². The van der Waals surface area contributed by atoms with Crippen LogP contribution in [0.3, 0.4) is 0 Å². The highest BCUT2D eigenvalue weighted by Gasteiger charge is 2.32. The number of aryl methyl sites for hydroxylation is 2. The van der Waals surface area contributed by atoms with Crippen molar-refractivity contribution in [2.45, 2.75) is 38.6 Å². The lowest BCUT2D eigenvalue weighted by Crippen LogP contribution is -2.44. The van der Waals surface area contributed by atoms with E-state index < -0.39 is 0 Å². The lowest BCUT2D eigenvalue weighted by Gasteiger charge is -2.36. The molecule has 26 heavy (non-hydrogen) atoms. The molecule has 5 nitrogen and oxygen atoms in total. The van der Waals surface area contributed by atoms with Crippen molar-refractivity contribution >= 4 is 5.91 Å². The molecule has 1 amide bonds. The Morgan fingerprint density at radius 2 is 1.85 bits per heavy atom. The molecule has 1 fully saturated rings. The predicted molar refractivity (Wildman–Crippen MR) is 103 cm³/mol. The first kappa shape index (κ1) is 18.5. The van der Waals surface area contributed by atoms with Crippen LogP contribution in [-0.2, 0) is 4.79 Å². The quantitative estimate of drug-likeness (QED) is 0.848. The monoisotopic (exact) mass is 352 g/mol. The summed E-state index contributed by atoms with van der Waals surface area (Å²) in [5.74, 6) is 1.42. The number of aromatic nitrogens is 2. The number of likely N-dealkylation sites (N-methyl/N-ethyl adjacent to an activating group) is 1. The summed E-state index contributed by atoms with van der Waals surface area (Å²) >= 11 is 0. The number of piperidine rings is 1. The minimum atomic E-state index is -0.228. The van der Waals surface area contributed by atoms with Gasteiger partial charge in [0.2, 0.25) is 5.91 Å². The van der Waals surface area contributed by atoms with Gasteiger partial charge in [-0.05, 0) is 58.0 Å². The normalized spacial score (nSPS) is 16.7. The summed E-state index contributed by atoms with van der Waals surface area (Å²) in [5, 5.41) is 0. The van der Waals surface area contributed by atoms with E-state index >= 15 is 0 Å². The average molecular weight is 352 g/mol. The number of hydrogen-bond donors (Lipinski definition) is 0. The summed E-state index contributed by atoms with van der Waals surface area (Å²) in [7, 11) is 3.96. The van der Waals surface area contributed by atoms with Gasteiger partial charge in [-0.2, -0.15) is 0 Å². The van der Waals surface area contributed by atoms with Gasteiger partial charge >= 0.3 is 0 Å². The predicted octanol–water partition coefficient (Wildman–Crippen LogP) is 3.10. The molecule has 0 bridgehead atoms. The number of carbonyl (C=O) groups is 1. The van der Waals surface area contributed by atoms with E-state index in [1.54, 1.807) is 0 Å². The fourth-order valence-electron chi connectivity index (χ4n) is 3.80. The van der Waals surface area contributed by atoms with Crippen LogP contribution >= 0.6 is 0 Å². The van der Waals surface area contributed by atoms with Gasteiger partial charge in [0.1, 0.15) is 11.9 Å². The molecule has 0 aliphatic carbocycles. The maximum Gasteiger partial charge on any atom is 0.244 e. The summed E-state index contributed by atoms with van der Waals surface area (Å²) in [6, 6.07) is 9.94. The molecule has 0 spiro atoms. The van der Waals surface area contributed by atoms with Crippen molar-refractivity contribution in [2.75, 3.05) is 27.2 Å². The topological polar surface area (TPSA) is 49.3 Å². The molecule has 138 valence electrons. The van der Waals surface area contributed by atoms with Crippen molar-refractivity contribution in [3.05, 3.63) is 59.2 Å². The van der Waals surface area contributed by atoms with Crippen molar-refractivity contribution in [3.63, 3.8) is 0 Å². The zero-order valence-corrected chi connectivity index (χ0v) is 16.1. The lowest BCUT2D eigenvalue weighted by molar-refractivity contribution is -0.137. The van der Waals surface area contributed by atoms with Crippen LogP contribution in [0.5, 0.6) is 0 Å². The number of amides is 1. The molecule has 0 saturated carbocycles. The van der Waals surface area contributed by atoms with Gasteiger partial charge in [-0.15, -0.1) is 0 Å². The first-order valence-corrected chi connectivity index (χ1v) is 9.27. The zero-order valence-electron chi connectivity index (χ0n) is 16.1. The Morgan fingerprint density at radius 3 is 2.46 bits per heavy atom. The van der Waals surface area contributed by atoms with E-state index in [-0.39, 0.29) is 11.9 Å². The fraction of sp³-hybridized carbons (Fsp3) is 0.476. The molecule has 1 aliphatic rings. The van der Waals surface area contributed by atoms with Gasteiger partial charge in [-0.3, -0.25) is 9.69 Å². The van der Waals surface area contributed by atoms with Crippen molar-refractivity contribution in [3.8, 4) is 0 Å².